The first-order valence-electron chi connectivity index (χ1n) is 7.36. The van der Waals surface area contributed by atoms with E-state index in [1.54, 1.807) is 0 Å². The van der Waals surface area contributed by atoms with E-state index < -0.39 is 18.5 Å². The van der Waals surface area contributed by atoms with Crippen molar-refractivity contribution in [3.8, 4) is 0 Å². The summed E-state index contributed by atoms with van der Waals surface area (Å²) in [6, 6.07) is 0. The van der Waals surface area contributed by atoms with Gasteiger partial charge in [0.15, 0.2) is 6.29 Å². The molecule has 0 bridgehead atoms. The zero-order chi connectivity index (χ0) is 14.3. The van der Waals surface area contributed by atoms with Crippen LogP contribution in [-0.2, 0) is 14.2 Å². The van der Waals surface area contributed by atoms with Gasteiger partial charge in [-0.3, -0.25) is 0 Å². The van der Waals surface area contributed by atoms with Crippen LogP contribution >= 0.6 is 0 Å². The van der Waals surface area contributed by atoms with Crippen molar-refractivity contribution >= 4 is 0 Å². The normalized spacial score (nSPS) is 35.5. The summed E-state index contributed by atoms with van der Waals surface area (Å²) in [6.45, 7) is 7.19. The number of aliphatic hydroxyl groups excluding tert-OH is 2. The maximum absolute atomic E-state index is 10.0. The van der Waals surface area contributed by atoms with Gasteiger partial charge in [0.05, 0.1) is 6.10 Å². The summed E-state index contributed by atoms with van der Waals surface area (Å²) in [7, 11) is 0. The fourth-order valence-corrected chi connectivity index (χ4v) is 2.15. The molecule has 5 heteroatoms. The van der Waals surface area contributed by atoms with Crippen LogP contribution in [0.4, 0.5) is 0 Å². The molecule has 0 amide bonds. The standard InChI is InChI=1S/C14H28O5/c1-4-6-8-17-12-10(3)19-14(16)11(15)13(12)18-9-7-5-2/h10-16H,4-9H2,1-3H3/t10-,11+,12-,13-,14+/m1/s1. The largest absolute Gasteiger partial charge is 0.385 e. The van der Waals surface area contributed by atoms with Crippen molar-refractivity contribution in [2.75, 3.05) is 13.2 Å². The Morgan fingerprint density at radius 3 is 2.00 bits per heavy atom. The lowest BCUT2D eigenvalue weighted by molar-refractivity contribution is -0.293. The molecule has 1 aliphatic rings. The van der Waals surface area contributed by atoms with Gasteiger partial charge in [0.25, 0.3) is 0 Å². The molecule has 1 heterocycles. The van der Waals surface area contributed by atoms with E-state index >= 15 is 0 Å². The second-order valence-electron chi connectivity index (χ2n) is 5.10. The van der Waals surface area contributed by atoms with E-state index in [0.29, 0.717) is 13.2 Å². The van der Waals surface area contributed by atoms with E-state index in [-0.39, 0.29) is 12.2 Å². The van der Waals surface area contributed by atoms with Crippen molar-refractivity contribution in [3.05, 3.63) is 0 Å². The molecule has 1 fully saturated rings. The quantitative estimate of drug-likeness (QED) is 0.657. The van der Waals surface area contributed by atoms with E-state index in [9.17, 15) is 10.2 Å². The minimum absolute atomic E-state index is 0.290. The second-order valence-corrected chi connectivity index (χ2v) is 5.10. The van der Waals surface area contributed by atoms with Gasteiger partial charge >= 0.3 is 0 Å². The minimum atomic E-state index is -1.20. The van der Waals surface area contributed by atoms with Crippen LogP contribution in [0.15, 0.2) is 0 Å². The summed E-state index contributed by atoms with van der Waals surface area (Å²) in [5, 5.41) is 19.7. The molecule has 1 saturated heterocycles. The molecule has 0 aliphatic carbocycles. The van der Waals surface area contributed by atoms with Crippen LogP contribution in [-0.4, -0.2) is 54.1 Å². The lowest BCUT2D eigenvalue weighted by Gasteiger charge is -2.41. The number of ether oxygens (including phenoxy) is 3. The SMILES string of the molecule is CCCCO[C@@H]1[C@H](O)[C@@H](O)O[C@H](C)[C@H]1OCCCC. The molecule has 0 aromatic heterocycles. The minimum Gasteiger partial charge on any atom is -0.385 e. The molecule has 5 atom stereocenters. The van der Waals surface area contributed by atoms with Gasteiger partial charge in [-0.05, 0) is 19.8 Å². The van der Waals surface area contributed by atoms with Crippen molar-refractivity contribution in [2.45, 2.75) is 77.2 Å². The van der Waals surface area contributed by atoms with Gasteiger partial charge in [0.1, 0.15) is 18.3 Å². The maximum Gasteiger partial charge on any atom is 0.183 e. The molecule has 114 valence electrons. The molecule has 0 unspecified atom stereocenters. The molecule has 0 aromatic carbocycles. The van der Waals surface area contributed by atoms with Crippen LogP contribution in [0.5, 0.6) is 0 Å². The molecule has 19 heavy (non-hydrogen) atoms. The van der Waals surface area contributed by atoms with Crippen LogP contribution in [0.25, 0.3) is 0 Å². The zero-order valence-electron chi connectivity index (χ0n) is 12.2. The average Bonchev–Trinajstić information content (AvgIpc) is 2.38. The zero-order valence-corrected chi connectivity index (χ0v) is 12.2. The molecule has 0 radical (unpaired) electrons. The Bertz CT molecular complexity index is 236. The van der Waals surface area contributed by atoms with Crippen molar-refractivity contribution in [1.82, 2.24) is 0 Å². The summed E-state index contributed by atoms with van der Waals surface area (Å²) in [4.78, 5) is 0. The Balaban J connectivity index is 2.57. The highest BCUT2D eigenvalue weighted by atomic mass is 16.7. The highest BCUT2D eigenvalue weighted by Gasteiger charge is 2.44. The van der Waals surface area contributed by atoms with Crippen molar-refractivity contribution in [2.24, 2.45) is 0 Å². The van der Waals surface area contributed by atoms with Gasteiger partial charge in [-0.1, -0.05) is 26.7 Å². The lowest BCUT2D eigenvalue weighted by atomic mass is 9.99. The van der Waals surface area contributed by atoms with Gasteiger partial charge in [-0.15, -0.1) is 0 Å². The van der Waals surface area contributed by atoms with Crippen LogP contribution in [0, 0.1) is 0 Å². The highest BCUT2D eigenvalue weighted by molar-refractivity contribution is 4.89. The predicted molar refractivity (Wildman–Crippen MR) is 71.9 cm³/mol. The van der Waals surface area contributed by atoms with E-state index in [4.69, 9.17) is 14.2 Å². The third kappa shape index (κ3) is 5.00. The molecule has 5 nitrogen and oxygen atoms in total. The van der Waals surface area contributed by atoms with Gasteiger partial charge in [0, 0.05) is 13.2 Å². The van der Waals surface area contributed by atoms with Gasteiger partial charge in [-0.2, -0.15) is 0 Å². The molecule has 1 aliphatic heterocycles. The van der Waals surface area contributed by atoms with Gasteiger partial charge in [-0.25, -0.2) is 0 Å². The fourth-order valence-electron chi connectivity index (χ4n) is 2.15. The second kappa shape index (κ2) is 8.87. The fraction of sp³-hybridized carbons (Fsp3) is 1.00. The maximum atomic E-state index is 10.0. The molecular weight excluding hydrogens is 248 g/mol. The number of hydrogen-bond acceptors (Lipinski definition) is 5. The Labute approximate surface area is 115 Å². The smallest absolute Gasteiger partial charge is 0.183 e. The molecule has 0 spiro atoms. The topological polar surface area (TPSA) is 68.2 Å². The Morgan fingerprint density at radius 2 is 1.47 bits per heavy atom. The molecule has 2 N–H and O–H groups in total. The predicted octanol–water partition coefficient (Wildman–Crippen LogP) is 1.45. The van der Waals surface area contributed by atoms with E-state index in [1.165, 1.54) is 0 Å². The van der Waals surface area contributed by atoms with Gasteiger partial charge < -0.3 is 24.4 Å². The highest BCUT2D eigenvalue weighted by Crippen LogP contribution is 2.25. The third-order valence-electron chi connectivity index (χ3n) is 3.39. The van der Waals surface area contributed by atoms with Crippen LogP contribution < -0.4 is 0 Å². The average molecular weight is 276 g/mol. The van der Waals surface area contributed by atoms with Crippen LogP contribution in [0.2, 0.25) is 0 Å². The van der Waals surface area contributed by atoms with Crippen molar-refractivity contribution in [1.29, 1.82) is 0 Å². The van der Waals surface area contributed by atoms with Crippen LogP contribution in [0.1, 0.15) is 46.5 Å². The van der Waals surface area contributed by atoms with Crippen molar-refractivity contribution in [3.63, 3.8) is 0 Å². The lowest BCUT2D eigenvalue weighted by Crippen LogP contribution is -2.58. The summed E-state index contributed by atoms with van der Waals surface area (Å²) >= 11 is 0. The number of rotatable bonds is 8. The number of unbranched alkanes of at least 4 members (excludes halogenated alkanes) is 2. The van der Waals surface area contributed by atoms with E-state index in [0.717, 1.165) is 25.7 Å². The number of hydrogen-bond donors (Lipinski definition) is 2. The third-order valence-corrected chi connectivity index (χ3v) is 3.39. The summed E-state index contributed by atoms with van der Waals surface area (Å²) in [5.41, 5.74) is 0. The Morgan fingerprint density at radius 1 is 0.947 bits per heavy atom. The first-order valence-corrected chi connectivity index (χ1v) is 7.36. The van der Waals surface area contributed by atoms with Crippen molar-refractivity contribution < 1.29 is 24.4 Å². The Kier molecular flexibility index (Phi) is 7.87. The van der Waals surface area contributed by atoms with Crippen LogP contribution in [0.3, 0.4) is 0 Å². The molecule has 1 rings (SSSR count). The Hall–Kier alpha value is -0.200. The first kappa shape index (κ1) is 16.9. The molecule has 0 saturated carbocycles. The monoisotopic (exact) mass is 276 g/mol. The number of aliphatic hydroxyl groups is 2. The first-order chi connectivity index (χ1) is 9.11. The summed E-state index contributed by atoms with van der Waals surface area (Å²) < 4.78 is 16.8. The van der Waals surface area contributed by atoms with E-state index in [1.807, 2.05) is 6.92 Å². The molecular formula is C14H28O5. The molecule has 0 aromatic rings. The van der Waals surface area contributed by atoms with E-state index in [2.05, 4.69) is 13.8 Å². The summed E-state index contributed by atoms with van der Waals surface area (Å²) in [5.74, 6) is 0. The summed E-state index contributed by atoms with van der Waals surface area (Å²) in [6.07, 6.45) is 0.561. The van der Waals surface area contributed by atoms with Gasteiger partial charge in [0.2, 0.25) is 0 Å².